The highest BCUT2D eigenvalue weighted by Gasteiger charge is 2.30. The van der Waals surface area contributed by atoms with Gasteiger partial charge in [-0.2, -0.15) is 0 Å². The Labute approximate surface area is 275 Å². The average molecular weight is 671 g/mol. The minimum Gasteiger partial charge on any atom is -0.495 e. The number of carbonyl (C=O) groups excluding carboxylic acids is 3. The number of rotatable bonds is 12. The Morgan fingerprint density at radius 3 is 2.41 bits per heavy atom. The second-order valence-corrected chi connectivity index (χ2v) is 11.3. The van der Waals surface area contributed by atoms with Gasteiger partial charge < -0.3 is 35.4 Å². The maximum atomic E-state index is 13.0. The van der Waals surface area contributed by atoms with Gasteiger partial charge >= 0.3 is 12.0 Å². The molecule has 0 spiro atoms. The molecule has 14 heteroatoms. The first-order valence-electron chi connectivity index (χ1n) is 14.2. The molecule has 46 heavy (non-hydrogen) atoms. The Bertz CT molecular complexity index is 1650. The molecule has 0 bridgehead atoms. The van der Waals surface area contributed by atoms with E-state index >= 15 is 0 Å². The Balaban J connectivity index is 1.28. The molecular weight excluding hydrogens is 637 g/mol. The first kappa shape index (κ1) is 34.1. The van der Waals surface area contributed by atoms with Crippen LogP contribution in [0.3, 0.4) is 0 Å². The summed E-state index contributed by atoms with van der Waals surface area (Å²) >= 11 is 12.2. The number of carboxylic acid groups (broad SMARTS) is 1. The number of methoxy groups -OCH3 is 1. The molecule has 0 saturated heterocycles. The number of halogens is 2. The summed E-state index contributed by atoms with van der Waals surface area (Å²) in [6.07, 6.45) is -0.664. The zero-order valence-electron chi connectivity index (χ0n) is 25.3. The van der Waals surface area contributed by atoms with Crippen LogP contribution in [-0.2, 0) is 20.7 Å². The van der Waals surface area contributed by atoms with E-state index in [0.29, 0.717) is 22.7 Å². The number of aliphatic imine (C=N–C) groups is 1. The molecule has 4 N–H and O–H groups in total. The monoisotopic (exact) mass is 669 g/mol. The SMILES string of the molecule is COc1cc(CC(=O)N(C)CC2=NCC(CC(NC(=O)c3c(Cl)cccc3Cl)C(=O)O)O2)ccc1NC(=O)Nc1ccccc1C. The van der Waals surface area contributed by atoms with Gasteiger partial charge in [-0.15, -0.1) is 0 Å². The number of aryl methyl sites for hydroxylation is 1. The van der Waals surface area contributed by atoms with Crippen LogP contribution in [0.15, 0.2) is 65.7 Å². The lowest BCUT2D eigenvalue weighted by Crippen LogP contribution is -2.43. The van der Waals surface area contributed by atoms with Gasteiger partial charge in [0.05, 0.1) is 47.9 Å². The maximum absolute atomic E-state index is 13.0. The Kier molecular flexibility index (Phi) is 11.4. The number of carbonyl (C=O) groups is 4. The molecule has 3 aromatic carbocycles. The van der Waals surface area contributed by atoms with E-state index in [-0.39, 0.29) is 53.3 Å². The molecule has 242 valence electrons. The lowest BCUT2D eigenvalue weighted by molar-refractivity contribution is -0.140. The molecule has 0 aliphatic carbocycles. The van der Waals surface area contributed by atoms with E-state index in [1.165, 1.54) is 24.1 Å². The lowest BCUT2D eigenvalue weighted by Gasteiger charge is -2.21. The number of para-hydroxylation sites is 1. The number of nitrogens with one attached hydrogen (secondary N) is 3. The largest absolute Gasteiger partial charge is 0.495 e. The number of likely N-dealkylation sites (N-methyl/N-ethyl adjacent to an activating group) is 1. The smallest absolute Gasteiger partial charge is 0.326 e. The van der Waals surface area contributed by atoms with Crippen LogP contribution in [0.4, 0.5) is 16.2 Å². The highest BCUT2D eigenvalue weighted by Crippen LogP contribution is 2.27. The second kappa shape index (κ2) is 15.5. The van der Waals surface area contributed by atoms with Gasteiger partial charge in [-0.1, -0.05) is 53.5 Å². The summed E-state index contributed by atoms with van der Waals surface area (Å²) in [5.74, 6) is -1.57. The number of aliphatic carboxylic acids is 1. The average Bonchev–Trinajstić information content (AvgIpc) is 3.45. The van der Waals surface area contributed by atoms with Crippen molar-refractivity contribution in [3.63, 3.8) is 0 Å². The topological polar surface area (TPSA) is 159 Å². The lowest BCUT2D eigenvalue weighted by atomic mass is 10.1. The van der Waals surface area contributed by atoms with E-state index in [0.717, 1.165) is 5.56 Å². The molecule has 0 radical (unpaired) electrons. The summed E-state index contributed by atoms with van der Waals surface area (Å²) in [5.41, 5.74) is 2.67. The molecule has 2 atom stereocenters. The fourth-order valence-corrected chi connectivity index (χ4v) is 5.22. The van der Waals surface area contributed by atoms with E-state index in [9.17, 15) is 24.3 Å². The highest BCUT2D eigenvalue weighted by atomic mass is 35.5. The van der Waals surface area contributed by atoms with Crippen LogP contribution in [0.5, 0.6) is 5.75 Å². The van der Waals surface area contributed by atoms with Gasteiger partial charge in [-0.25, -0.2) is 9.59 Å². The second-order valence-electron chi connectivity index (χ2n) is 10.5. The number of benzene rings is 3. The molecule has 0 saturated carbocycles. The van der Waals surface area contributed by atoms with E-state index in [1.807, 2.05) is 25.1 Å². The highest BCUT2D eigenvalue weighted by molar-refractivity contribution is 6.39. The van der Waals surface area contributed by atoms with E-state index in [2.05, 4.69) is 20.9 Å². The molecule has 4 rings (SSSR count). The summed E-state index contributed by atoms with van der Waals surface area (Å²) in [5, 5.41) is 17.9. The van der Waals surface area contributed by atoms with Crippen LogP contribution in [0.25, 0.3) is 0 Å². The standard InChI is InChI=1S/C32H33Cl2N5O7/c1-18-7-4-5-10-23(18)37-32(44)38-24-12-11-19(13-26(24)45-3)14-28(40)39(2)17-27-35-16-20(46-27)15-25(31(42)43)36-30(41)29-21(33)8-6-9-22(29)34/h4-13,20,25H,14-17H2,1-3H3,(H,36,41)(H,42,43)(H2,37,38,44). The number of nitrogens with zero attached hydrogens (tertiary/aromatic N) is 2. The molecule has 3 aromatic rings. The van der Waals surface area contributed by atoms with E-state index < -0.39 is 30.1 Å². The summed E-state index contributed by atoms with van der Waals surface area (Å²) in [6, 6.07) is 15.2. The Morgan fingerprint density at radius 1 is 1.04 bits per heavy atom. The van der Waals surface area contributed by atoms with Gasteiger partial charge in [-0.3, -0.25) is 14.6 Å². The van der Waals surface area contributed by atoms with Crippen LogP contribution in [0.2, 0.25) is 10.0 Å². The van der Waals surface area contributed by atoms with Crippen LogP contribution < -0.4 is 20.7 Å². The molecule has 1 aliphatic rings. The summed E-state index contributed by atoms with van der Waals surface area (Å²) < 4.78 is 11.3. The number of urea groups is 1. The zero-order valence-corrected chi connectivity index (χ0v) is 26.8. The molecule has 1 aliphatic heterocycles. The molecule has 4 amide bonds. The third-order valence-corrected chi connectivity index (χ3v) is 7.76. The van der Waals surface area contributed by atoms with Gasteiger partial charge in [0.25, 0.3) is 5.91 Å². The third-order valence-electron chi connectivity index (χ3n) is 7.13. The number of carboxylic acids is 1. The van der Waals surface area contributed by atoms with Gasteiger partial charge in [-0.05, 0) is 48.4 Å². The fraction of sp³-hybridized carbons (Fsp3) is 0.281. The van der Waals surface area contributed by atoms with Gasteiger partial charge in [0.1, 0.15) is 17.9 Å². The van der Waals surface area contributed by atoms with Crippen LogP contribution >= 0.6 is 23.2 Å². The summed E-state index contributed by atoms with van der Waals surface area (Å²) in [6.45, 7) is 2.11. The third kappa shape index (κ3) is 8.89. The molecular formula is C32H33Cl2N5O7. The quantitative estimate of drug-likeness (QED) is 0.211. The summed E-state index contributed by atoms with van der Waals surface area (Å²) in [7, 11) is 3.06. The van der Waals surface area contributed by atoms with Crippen molar-refractivity contribution in [2.24, 2.45) is 4.99 Å². The minimum atomic E-state index is -1.29. The molecule has 0 aromatic heterocycles. The van der Waals surface area contributed by atoms with E-state index in [1.54, 1.807) is 37.4 Å². The number of anilines is 2. The van der Waals surface area contributed by atoms with Crippen molar-refractivity contribution >= 4 is 64.3 Å². The zero-order chi connectivity index (χ0) is 33.4. The van der Waals surface area contributed by atoms with Crippen molar-refractivity contribution in [2.45, 2.75) is 31.9 Å². The molecule has 0 fully saturated rings. The Morgan fingerprint density at radius 2 is 1.74 bits per heavy atom. The predicted octanol–water partition coefficient (Wildman–Crippen LogP) is 5.03. The molecule has 12 nitrogen and oxygen atoms in total. The number of amides is 4. The first-order valence-corrected chi connectivity index (χ1v) is 14.9. The van der Waals surface area contributed by atoms with Gasteiger partial charge in [0, 0.05) is 19.2 Å². The van der Waals surface area contributed by atoms with Crippen LogP contribution in [0, 0.1) is 6.92 Å². The Hall–Kier alpha value is -4.81. The van der Waals surface area contributed by atoms with Gasteiger partial charge in [0.2, 0.25) is 11.8 Å². The normalized spacial score (nSPS) is 14.4. The molecule has 1 heterocycles. The predicted molar refractivity (Wildman–Crippen MR) is 175 cm³/mol. The summed E-state index contributed by atoms with van der Waals surface area (Å²) in [4.78, 5) is 55.9. The van der Waals surface area contributed by atoms with Crippen LogP contribution in [-0.4, -0.2) is 79.1 Å². The van der Waals surface area contributed by atoms with Crippen molar-refractivity contribution in [3.05, 3.63) is 87.4 Å². The number of hydrogen-bond donors (Lipinski definition) is 4. The molecule has 2 unspecified atom stereocenters. The van der Waals surface area contributed by atoms with E-state index in [4.69, 9.17) is 32.7 Å². The van der Waals surface area contributed by atoms with Crippen molar-refractivity contribution in [1.29, 1.82) is 0 Å². The van der Waals surface area contributed by atoms with Crippen molar-refractivity contribution < 1.29 is 33.8 Å². The fourth-order valence-electron chi connectivity index (χ4n) is 4.65. The number of hydrogen-bond acceptors (Lipinski definition) is 7. The van der Waals surface area contributed by atoms with Gasteiger partial charge in [0.15, 0.2) is 0 Å². The van der Waals surface area contributed by atoms with Crippen molar-refractivity contribution in [3.8, 4) is 5.75 Å². The number of ether oxygens (including phenoxy) is 2. The van der Waals surface area contributed by atoms with Crippen molar-refractivity contribution in [2.75, 3.05) is 37.9 Å². The first-order chi connectivity index (χ1) is 21.9. The maximum Gasteiger partial charge on any atom is 0.326 e. The van der Waals surface area contributed by atoms with Crippen molar-refractivity contribution in [1.82, 2.24) is 10.2 Å². The van der Waals surface area contributed by atoms with Crippen LogP contribution in [0.1, 0.15) is 27.9 Å². The minimum absolute atomic E-state index is 0.0198.